The van der Waals surface area contributed by atoms with Crippen LogP contribution in [0.2, 0.25) is 0 Å². The molecule has 1 fully saturated rings. The molecular formula is C17H24N6O3. The minimum absolute atomic E-state index is 0.0420. The molecule has 9 heteroatoms. The summed E-state index contributed by atoms with van der Waals surface area (Å²) in [6.45, 7) is 8.87. The number of piperazine rings is 1. The number of aromatic carboxylic acids is 1. The summed E-state index contributed by atoms with van der Waals surface area (Å²) in [5.74, 6) is -1.08. The number of hydrogen-bond donors (Lipinski definition) is 1. The van der Waals surface area contributed by atoms with Gasteiger partial charge in [-0.1, -0.05) is 0 Å². The van der Waals surface area contributed by atoms with Gasteiger partial charge in [-0.05, 0) is 13.8 Å². The summed E-state index contributed by atoms with van der Waals surface area (Å²) in [5, 5.41) is 17.2. The fourth-order valence-electron chi connectivity index (χ4n) is 3.15. The second-order valence-corrected chi connectivity index (χ2v) is 6.46. The van der Waals surface area contributed by atoms with E-state index in [0.717, 1.165) is 26.2 Å². The molecule has 1 aliphatic rings. The molecule has 2 aromatic heterocycles. The molecule has 1 saturated heterocycles. The number of carbonyl (C=O) groups excluding carboxylic acids is 1. The van der Waals surface area contributed by atoms with E-state index in [9.17, 15) is 9.59 Å². The zero-order valence-electron chi connectivity index (χ0n) is 15.1. The van der Waals surface area contributed by atoms with Crippen LogP contribution in [0.3, 0.4) is 0 Å². The Morgan fingerprint density at radius 3 is 2.46 bits per heavy atom. The van der Waals surface area contributed by atoms with E-state index in [4.69, 9.17) is 5.11 Å². The minimum atomic E-state index is -1.04. The zero-order valence-corrected chi connectivity index (χ0v) is 15.1. The summed E-state index contributed by atoms with van der Waals surface area (Å²) in [6, 6.07) is 0. The van der Waals surface area contributed by atoms with Gasteiger partial charge in [-0.3, -0.25) is 19.1 Å². The van der Waals surface area contributed by atoms with Crippen molar-refractivity contribution in [1.29, 1.82) is 0 Å². The predicted molar refractivity (Wildman–Crippen MR) is 93.7 cm³/mol. The van der Waals surface area contributed by atoms with E-state index in [1.807, 2.05) is 10.9 Å². The first kappa shape index (κ1) is 18.1. The Morgan fingerprint density at radius 1 is 1.15 bits per heavy atom. The molecule has 0 unspecified atom stereocenters. The van der Waals surface area contributed by atoms with E-state index in [-0.39, 0.29) is 18.0 Å². The van der Waals surface area contributed by atoms with Crippen LogP contribution in [0.1, 0.15) is 28.5 Å². The fourth-order valence-corrected chi connectivity index (χ4v) is 3.15. The Bertz CT molecular complexity index is 788. The van der Waals surface area contributed by atoms with Gasteiger partial charge in [0.2, 0.25) is 5.91 Å². The molecule has 0 radical (unpaired) electrons. The topological polar surface area (TPSA) is 96.5 Å². The third-order valence-electron chi connectivity index (χ3n) is 4.80. The van der Waals surface area contributed by atoms with Crippen molar-refractivity contribution in [3.05, 3.63) is 35.4 Å². The molecule has 3 rings (SSSR count). The zero-order chi connectivity index (χ0) is 18.7. The maximum Gasteiger partial charge on any atom is 0.338 e. The van der Waals surface area contributed by atoms with Crippen LogP contribution in [0, 0.1) is 6.92 Å². The number of carboxylic acids is 1. The van der Waals surface area contributed by atoms with Crippen LogP contribution in [0.5, 0.6) is 0 Å². The monoisotopic (exact) mass is 360 g/mol. The van der Waals surface area contributed by atoms with Crippen LogP contribution in [0.4, 0.5) is 0 Å². The molecule has 3 heterocycles. The lowest BCUT2D eigenvalue weighted by atomic mass is 10.2. The summed E-state index contributed by atoms with van der Waals surface area (Å²) in [6.07, 6.45) is 4.56. The van der Waals surface area contributed by atoms with E-state index >= 15 is 0 Å². The Morgan fingerprint density at radius 2 is 1.88 bits per heavy atom. The lowest BCUT2D eigenvalue weighted by Crippen LogP contribution is -2.49. The lowest BCUT2D eigenvalue weighted by molar-refractivity contribution is -0.133. The summed E-state index contributed by atoms with van der Waals surface area (Å²) >= 11 is 0. The third kappa shape index (κ3) is 3.93. The van der Waals surface area contributed by atoms with Gasteiger partial charge < -0.3 is 10.0 Å². The molecule has 0 aliphatic carbocycles. The Balaban J connectivity index is 1.50. The Kier molecular flexibility index (Phi) is 5.36. The highest BCUT2D eigenvalue weighted by atomic mass is 16.4. The molecule has 2 aromatic rings. The summed E-state index contributed by atoms with van der Waals surface area (Å²) in [5.41, 5.74) is 2.51. The number of rotatable bonds is 6. The van der Waals surface area contributed by atoms with E-state index < -0.39 is 5.97 Å². The molecule has 0 saturated carbocycles. The molecule has 26 heavy (non-hydrogen) atoms. The van der Waals surface area contributed by atoms with Crippen molar-refractivity contribution in [2.45, 2.75) is 33.5 Å². The van der Waals surface area contributed by atoms with E-state index in [0.29, 0.717) is 13.1 Å². The number of aromatic nitrogens is 4. The summed E-state index contributed by atoms with van der Waals surface area (Å²) in [4.78, 5) is 27.4. The molecule has 140 valence electrons. The molecule has 1 aliphatic heterocycles. The van der Waals surface area contributed by atoms with Gasteiger partial charge in [-0.25, -0.2) is 4.79 Å². The first-order valence-corrected chi connectivity index (χ1v) is 8.75. The Hall–Kier alpha value is -2.68. The molecule has 0 bridgehead atoms. The molecule has 0 spiro atoms. The molecular weight excluding hydrogens is 336 g/mol. The van der Waals surface area contributed by atoms with Gasteiger partial charge in [0, 0.05) is 56.7 Å². The third-order valence-corrected chi connectivity index (χ3v) is 4.80. The summed E-state index contributed by atoms with van der Waals surface area (Å²) in [7, 11) is 0. The van der Waals surface area contributed by atoms with Crippen molar-refractivity contribution in [3.8, 4) is 0 Å². The lowest BCUT2D eigenvalue weighted by Gasteiger charge is -2.34. The predicted octanol–water partition coefficient (Wildman–Crippen LogP) is 0.451. The quantitative estimate of drug-likeness (QED) is 0.803. The first-order chi connectivity index (χ1) is 12.5. The number of nitrogens with zero attached hydrogens (tertiary/aromatic N) is 6. The average Bonchev–Trinajstić information content (AvgIpc) is 3.23. The first-order valence-electron chi connectivity index (χ1n) is 8.75. The second kappa shape index (κ2) is 7.69. The van der Waals surface area contributed by atoms with E-state index in [2.05, 4.69) is 28.9 Å². The maximum atomic E-state index is 12.4. The van der Waals surface area contributed by atoms with Gasteiger partial charge in [0.15, 0.2) is 0 Å². The standard InChI is InChI=1S/C17H24N6O3/c1-3-23-13(2)14(8-19-23)10-20-4-6-21(7-5-20)16(24)12-22-11-15(9-18-22)17(25)26/h8-9,11H,3-7,10,12H2,1-2H3,(H,25,26). The van der Waals surface area contributed by atoms with Crippen molar-refractivity contribution in [3.63, 3.8) is 0 Å². The van der Waals surface area contributed by atoms with Crippen LogP contribution in [0.25, 0.3) is 0 Å². The molecule has 0 atom stereocenters. The largest absolute Gasteiger partial charge is 0.478 e. The highest BCUT2D eigenvalue weighted by Gasteiger charge is 2.22. The maximum absolute atomic E-state index is 12.4. The van der Waals surface area contributed by atoms with Crippen molar-refractivity contribution >= 4 is 11.9 Å². The number of aryl methyl sites for hydroxylation is 1. The van der Waals surface area contributed by atoms with Crippen LogP contribution < -0.4 is 0 Å². The molecule has 0 aromatic carbocycles. The van der Waals surface area contributed by atoms with Crippen LogP contribution in [-0.4, -0.2) is 72.5 Å². The van der Waals surface area contributed by atoms with Crippen molar-refractivity contribution in [1.82, 2.24) is 29.4 Å². The SMILES string of the molecule is CCn1ncc(CN2CCN(C(=O)Cn3cc(C(=O)O)cn3)CC2)c1C. The normalized spacial score (nSPS) is 15.4. The van der Waals surface area contributed by atoms with Gasteiger partial charge in [0.1, 0.15) is 6.54 Å². The Labute approximate surface area is 151 Å². The van der Waals surface area contributed by atoms with E-state index in [1.54, 1.807) is 4.90 Å². The highest BCUT2D eigenvalue weighted by molar-refractivity contribution is 5.87. The van der Waals surface area contributed by atoms with Crippen LogP contribution in [-0.2, 0) is 24.4 Å². The van der Waals surface area contributed by atoms with Gasteiger partial charge in [-0.15, -0.1) is 0 Å². The summed E-state index contributed by atoms with van der Waals surface area (Å²) < 4.78 is 3.37. The number of amides is 1. The van der Waals surface area contributed by atoms with Crippen LogP contribution >= 0.6 is 0 Å². The van der Waals surface area contributed by atoms with Crippen LogP contribution in [0.15, 0.2) is 18.6 Å². The minimum Gasteiger partial charge on any atom is -0.478 e. The average molecular weight is 360 g/mol. The number of hydrogen-bond acceptors (Lipinski definition) is 5. The number of carbonyl (C=O) groups is 2. The van der Waals surface area contributed by atoms with Gasteiger partial charge in [-0.2, -0.15) is 10.2 Å². The van der Waals surface area contributed by atoms with Crippen molar-refractivity contribution in [2.24, 2.45) is 0 Å². The molecule has 1 N–H and O–H groups in total. The van der Waals surface area contributed by atoms with Gasteiger partial charge in [0.25, 0.3) is 0 Å². The van der Waals surface area contributed by atoms with Gasteiger partial charge >= 0.3 is 5.97 Å². The molecule has 9 nitrogen and oxygen atoms in total. The molecule has 1 amide bonds. The number of carboxylic acid groups (broad SMARTS) is 1. The van der Waals surface area contributed by atoms with E-state index in [1.165, 1.54) is 28.3 Å². The smallest absolute Gasteiger partial charge is 0.338 e. The van der Waals surface area contributed by atoms with Crippen molar-refractivity contribution in [2.75, 3.05) is 26.2 Å². The second-order valence-electron chi connectivity index (χ2n) is 6.46. The highest BCUT2D eigenvalue weighted by Crippen LogP contribution is 2.13. The van der Waals surface area contributed by atoms with Crippen molar-refractivity contribution < 1.29 is 14.7 Å². The fraction of sp³-hybridized carbons (Fsp3) is 0.529. The van der Waals surface area contributed by atoms with Gasteiger partial charge in [0.05, 0.1) is 18.0 Å².